The molecule has 3 unspecified atom stereocenters. The van der Waals surface area contributed by atoms with Crippen LogP contribution in [0.3, 0.4) is 0 Å². The fourth-order valence-electron chi connectivity index (χ4n) is 5.03. The number of phosphoric ester groups is 1. The summed E-state index contributed by atoms with van der Waals surface area (Å²) in [6.45, 7) is -0.988. The first-order chi connectivity index (χ1) is 22.1. The molecular formula is C27H25BrN3O13P3. The van der Waals surface area contributed by atoms with Crippen LogP contribution in [0, 0.1) is 0 Å². The minimum Gasteiger partial charge on any atom is -0.387 e. The Kier molecular flexibility index (Phi) is 9.33. The molecule has 0 amide bonds. The van der Waals surface area contributed by atoms with Crippen LogP contribution in [0.25, 0.3) is 27.7 Å². The van der Waals surface area contributed by atoms with E-state index in [9.17, 15) is 43.4 Å². The van der Waals surface area contributed by atoms with Crippen molar-refractivity contribution in [2.45, 2.75) is 24.5 Å². The quantitative estimate of drug-likeness (QED) is 0.128. The van der Waals surface area contributed by atoms with Gasteiger partial charge in [-0.25, -0.2) is 23.2 Å². The van der Waals surface area contributed by atoms with E-state index < -0.39 is 60.1 Å². The lowest BCUT2D eigenvalue weighted by Crippen LogP contribution is -2.36. The molecule has 3 aromatic carbocycles. The van der Waals surface area contributed by atoms with Gasteiger partial charge < -0.3 is 29.6 Å². The average Bonchev–Trinajstić information content (AvgIpc) is 3.57. The lowest BCUT2D eigenvalue weighted by atomic mass is 10.1. The van der Waals surface area contributed by atoms with E-state index in [0.29, 0.717) is 16.7 Å². The minimum absolute atomic E-state index is 0.223. The summed E-state index contributed by atoms with van der Waals surface area (Å²) in [7, 11) is -16.4. The van der Waals surface area contributed by atoms with Crippen molar-refractivity contribution < 1.29 is 56.5 Å². The predicted octanol–water partition coefficient (Wildman–Crippen LogP) is 3.46. The lowest BCUT2D eigenvalue weighted by molar-refractivity contribution is -0.0542. The smallest absolute Gasteiger partial charge is 0.387 e. The van der Waals surface area contributed by atoms with Crippen LogP contribution in [0.1, 0.15) is 6.23 Å². The highest BCUT2D eigenvalue weighted by molar-refractivity contribution is 9.10. The molecule has 0 radical (unpaired) electrons. The summed E-state index contributed by atoms with van der Waals surface area (Å²) < 4.78 is 60.0. The number of aliphatic hydroxyl groups is 2. The van der Waals surface area contributed by atoms with Gasteiger partial charge >= 0.3 is 28.9 Å². The molecule has 5 aromatic rings. The Bertz CT molecular complexity index is 2170. The van der Waals surface area contributed by atoms with Gasteiger partial charge in [0.1, 0.15) is 24.0 Å². The maximum Gasteiger partial charge on any atom is 0.488 e. The van der Waals surface area contributed by atoms with Gasteiger partial charge in [-0.2, -0.15) is 4.31 Å². The van der Waals surface area contributed by atoms with E-state index in [0.717, 1.165) is 14.6 Å². The van der Waals surface area contributed by atoms with E-state index in [1.54, 1.807) is 36.4 Å². The van der Waals surface area contributed by atoms with Crippen LogP contribution in [0.2, 0.25) is 0 Å². The summed E-state index contributed by atoms with van der Waals surface area (Å²) >= 11 is 3.36. The number of ether oxygens (including phenoxy) is 1. The number of imidazole rings is 1. The monoisotopic (exact) mass is 771 g/mol. The molecule has 0 saturated carbocycles. The van der Waals surface area contributed by atoms with E-state index in [-0.39, 0.29) is 10.7 Å². The van der Waals surface area contributed by atoms with Crippen LogP contribution in [0.5, 0.6) is 0 Å². The molecule has 7 atom stereocenters. The van der Waals surface area contributed by atoms with Crippen LogP contribution < -0.4 is 11.0 Å². The zero-order valence-electron chi connectivity index (χ0n) is 23.7. The SMILES string of the molecule is O=c1n([C@@H]2O[C@H](COP(=O)(O)OP(=O)(O)OP(=O)(O)c3cccc4ccccc34)[C@@H](O)[C@H]2O)ccc2nc(-c3ccc(Br)cc3)cn12. The van der Waals surface area contributed by atoms with Crippen molar-refractivity contribution in [1.82, 2.24) is 14.0 Å². The van der Waals surface area contributed by atoms with Crippen molar-refractivity contribution >= 4 is 60.9 Å². The van der Waals surface area contributed by atoms with E-state index >= 15 is 0 Å². The third kappa shape index (κ3) is 7.14. The van der Waals surface area contributed by atoms with Crippen molar-refractivity contribution in [1.29, 1.82) is 0 Å². The maximum absolute atomic E-state index is 13.3. The molecule has 0 aliphatic carbocycles. The molecule has 1 saturated heterocycles. The molecule has 0 spiro atoms. The van der Waals surface area contributed by atoms with E-state index in [2.05, 4.69) is 29.5 Å². The van der Waals surface area contributed by atoms with Gasteiger partial charge in [0.25, 0.3) is 0 Å². The molecule has 248 valence electrons. The zero-order valence-corrected chi connectivity index (χ0v) is 27.9. The molecule has 2 aromatic heterocycles. The molecule has 6 rings (SSSR count). The molecule has 16 nitrogen and oxygen atoms in total. The molecule has 1 fully saturated rings. The Labute approximate surface area is 273 Å². The van der Waals surface area contributed by atoms with Crippen molar-refractivity contribution in [3.63, 3.8) is 0 Å². The van der Waals surface area contributed by atoms with Crippen LogP contribution in [0.4, 0.5) is 0 Å². The second-order valence-corrected chi connectivity index (χ2v) is 16.2. The number of aliphatic hydroxyl groups excluding tert-OH is 2. The molecule has 1 aliphatic rings. The highest BCUT2D eigenvalue weighted by atomic mass is 79.9. The Hall–Kier alpha value is -2.85. The fourth-order valence-corrected chi connectivity index (χ4v) is 9.50. The number of phosphoric acid groups is 2. The number of halogens is 1. The number of rotatable bonds is 10. The van der Waals surface area contributed by atoms with Gasteiger partial charge in [0, 0.05) is 22.4 Å². The first-order valence-corrected chi connectivity index (χ1v) is 18.9. The third-order valence-corrected chi connectivity index (χ3v) is 12.6. The van der Waals surface area contributed by atoms with Crippen molar-refractivity contribution in [3.8, 4) is 11.3 Å². The first-order valence-electron chi connectivity index (χ1n) is 13.6. The van der Waals surface area contributed by atoms with Gasteiger partial charge in [0.2, 0.25) is 0 Å². The van der Waals surface area contributed by atoms with Gasteiger partial charge in [0.15, 0.2) is 6.23 Å². The Morgan fingerprint density at radius 2 is 1.57 bits per heavy atom. The van der Waals surface area contributed by atoms with Gasteiger partial charge in [-0.1, -0.05) is 64.5 Å². The average molecular weight is 772 g/mol. The van der Waals surface area contributed by atoms with Gasteiger partial charge in [-0.15, -0.1) is 0 Å². The normalized spacial score (nSPS) is 23.8. The standard InChI is InChI=1S/C27H25BrN3O13P3/c28-18-10-8-17(9-11-18)20-14-31-23(29-20)12-13-30(27(31)34)26-25(33)24(32)21(42-26)15-41-46(37,38)44-47(39,40)43-45(35,36)22-7-3-5-16-4-1-2-6-19(16)22/h1-14,21,24-26,32-33H,15H2,(H,35,36)(H,37,38)(H,39,40)/t21-,24-,25-,26-/m1/s1. The largest absolute Gasteiger partial charge is 0.488 e. The number of fused-ring (bicyclic) bond motifs is 2. The van der Waals surface area contributed by atoms with E-state index in [1.807, 2.05) is 12.1 Å². The highest BCUT2D eigenvalue weighted by Crippen LogP contribution is 2.67. The number of hydrogen-bond acceptors (Lipinski definition) is 11. The first kappa shape index (κ1) is 34.0. The van der Waals surface area contributed by atoms with Crippen LogP contribution in [-0.2, 0) is 31.6 Å². The summed E-state index contributed by atoms with van der Waals surface area (Å²) in [6, 6.07) is 19.2. The zero-order chi connectivity index (χ0) is 33.7. The summed E-state index contributed by atoms with van der Waals surface area (Å²) in [4.78, 5) is 48.4. The summed E-state index contributed by atoms with van der Waals surface area (Å²) in [5.41, 5.74) is 0.825. The van der Waals surface area contributed by atoms with Crippen LogP contribution >= 0.6 is 39.2 Å². The lowest BCUT2D eigenvalue weighted by Gasteiger charge is -2.21. The summed E-state index contributed by atoms with van der Waals surface area (Å²) in [6.07, 6.45) is -3.74. The van der Waals surface area contributed by atoms with Gasteiger partial charge in [-0.05, 0) is 35.0 Å². The topological polar surface area (TPSA) is 229 Å². The molecule has 3 heterocycles. The molecule has 0 bridgehead atoms. The van der Waals surface area contributed by atoms with Crippen LogP contribution in [-0.4, -0.2) is 63.8 Å². The molecular weight excluding hydrogens is 747 g/mol. The fraction of sp³-hybridized carbons (Fsp3) is 0.185. The summed E-state index contributed by atoms with van der Waals surface area (Å²) in [5, 5.41) is 21.6. The Morgan fingerprint density at radius 3 is 2.32 bits per heavy atom. The molecule has 47 heavy (non-hydrogen) atoms. The van der Waals surface area contributed by atoms with Gasteiger partial charge in [-0.3, -0.25) is 18.1 Å². The van der Waals surface area contributed by atoms with Crippen molar-refractivity contribution in [3.05, 3.63) is 100 Å². The minimum atomic E-state index is -5.74. The summed E-state index contributed by atoms with van der Waals surface area (Å²) in [5.74, 6) is 0. The van der Waals surface area contributed by atoms with Crippen molar-refractivity contribution in [2.24, 2.45) is 0 Å². The molecule has 1 aliphatic heterocycles. The number of hydrogen-bond donors (Lipinski definition) is 5. The Balaban J connectivity index is 1.13. The molecule has 5 N–H and O–H groups in total. The van der Waals surface area contributed by atoms with E-state index in [1.165, 1.54) is 41.1 Å². The molecule has 20 heteroatoms. The highest BCUT2D eigenvalue weighted by Gasteiger charge is 2.47. The predicted molar refractivity (Wildman–Crippen MR) is 170 cm³/mol. The van der Waals surface area contributed by atoms with E-state index in [4.69, 9.17) is 9.26 Å². The van der Waals surface area contributed by atoms with Crippen LogP contribution in [0.15, 0.2) is 94.5 Å². The third-order valence-electron chi connectivity index (χ3n) is 7.19. The second kappa shape index (κ2) is 12.9. The van der Waals surface area contributed by atoms with Gasteiger partial charge in [0.05, 0.1) is 17.6 Å². The maximum atomic E-state index is 13.3. The van der Waals surface area contributed by atoms with Crippen molar-refractivity contribution in [2.75, 3.05) is 6.61 Å². The Morgan fingerprint density at radius 1 is 0.872 bits per heavy atom. The number of benzene rings is 3. The number of aromatic nitrogens is 3. The second-order valence-electron chi connectivity index (χ2n) is 10.3. The number of nitrogens with zero attached hydrogens (tertiary/aromatic N) is 3.